The number of aromatic nitrogens is 1. The number of nitrogens with zero attached hydrogens (tertiary/aromatic N) is 1. The minimum atomic E-state index is 1.30. The maximum Gasteiger partial charge on any atom is 0.101 e. The predicted octanol–water partition coefficient (Wildman–Crippen LogP) is 4.88. The van der Waals surface area contributed by atoms with E-state index >= 15 is 0 Å². The van der Waals surface area contributed by atoms with E-state index in [0.29, 0.717) is 0 Å². The summed E-state index contributed by atoms with van der Waals surface area (Å²) in [6.07, 6.45) is 0. The Bertz CT molecular complexity index is 790. The van der Waals surface area contributed by atoms with Crippen molar-refractivity contribution in [1.82, 2.24) is 4.40 Å². The van der Waals surface area contributed by atoms with E-state index in [0.717, 1.165) is 0 Å². The normalized spacial score (nSPS) is 11.5. The second-order valence-electron chi connectivity index (χ2n) is 3.94. The van der Waals surface area contributed by atoms with Crippen LogP contribution in [-0.2, 0) is 0 Å². The fourth-order valence-corrected chi connectivity index (χ4v) is 4.00. The Hall–Kier alpha value is -1.58. The second kappa shape index (κ2) is 3.45. The van der Waals surface area contributed by atoms with Crippen LogP contribution in [0, 0.1) is 0 Å². The smallest absolute Gasteiger partial charge is 0.101 e. The second-order valence-corrected chi connectivity index (χ2v) is 5.95. The van der Waals surface area contributed by atoms with Gasteiger partial charge in [-0.2, -0.15) is 0 Å². The monoisotopic (exact) mass is 255 g/mol. The largest absolute Gasteiger partial charge is 0.299 e. The first-order valence-corrected chi connectivity index (χ1v) is 7.16. The Kier molecular flexibility index (Phi) is 1.92. The maximum absolute atomic E-state index is 2.35. The van der Waals surface area contributed by atoms with Crippen LogP contribution in [0.3, 0.4) is 0 Å². The van der Waals surface area contributed by atoms with E-state index in [4.69, 9.17) is 0 Å². The van der Waals surface area contributed by atoms with Gasteiger partial charge in [0.25, 0.3) is 0 Å². The van der Waals surface area contributed by atoms with Gasteiger partial charge in [-0.1, -0.05) is 18.2 Å². The van der Waals surface area contributed by atoms with Crippen LogP contribution < -0.4 is 0 Å². The van der Waals surface area contributed by atoms with Crippen molar-refractivity contribution < 1.29 is 0 Å². The summed E-state index contributed by atoms with van der Waals surface area (Å²) in [5.74, 6) is 0. The van der Waals surface area contributed by atoms with Crippen LogP contribution in [0.1, 0.15) is 0 Å². The summed E-state index contributed by atoms with van der Waals surface area (Å²) >= 11 is 3.64. The molecule has 0 N–H and O–H groups in total. The van der Waals surface area contributed by atoms with Gasteiger partial charge in [0, 0.05) is 0 Å². The fraction of sp³-hybridized carbons (Fsp3) is 0. The zero-order chi connectivity index (χ0) is 11.2. The summed E-state index contributed by atoms with van der Waals surface area (Å²) in [7, 11) is 0. The van der Waals surface area contributed by atoms with Crippen LogP contribution in [0.15, 0.2) is 53.9 Å². The number of rotatable bonds is 1. The van der Waals surface area contributed by atoms with Crippen LogP contribution in [0.25, 0.3) is 25.6 Å². The lowest BCUT2D eigenvalue weighted by Gasteiger charge is -1.98. The van der Waals surface area contributed by atoms with E-state index in [1.54, 1.807) is 11.3 Å². The van der Waals surface area contributed by atoms with Crippen molar-refractivity contribution in [2.45, 2.75) is 0 Å². The van der Waals surface area contributed by atoms with Gasteiger partial charge in [0.15, 0.2) is 0 Å². The standard InChI is InChI=1S/C14H9NS2/c1-2-5-13-10(4-1)15-11(7-8-14(15)17-13)12-6-3-9-16-12/h1-9H. The van der Waals surface area contributed by atoms with Gasteiger partial charge < -0.3 is 0 Å². The van der Waals surface area contributed by atoms with Gasteiger partial charge in [-0.25, -0.2) is 0 Å². The number of benzene rings is 1. The molecule has 4 rings (SSSR count). The van der Waals surface area contributed by atoms with Gasteiger partial charge >= 0.3 is 0 Å². The average molecular weight is 255 g/mol. The first kappa shape index (κ1) is 9.45. The van der Waals surface area contributed by atoms with Crippen molar-refractivity contribution >= 4 is 37.7 Å². The highest BCUT2D eigenvalue weighted by molar-refractivity contribution is 7.24. The van der Waals surface area contributed by atoms with Crippen LogP contribution in [0.2, 0.25) is 0 Å². The van der Waals surface area contributed by atoms with Crippen molar-refractivity contribution in [3.63, 3.8) is 0 Å². The van der Waals surface area contributed by atoms with Crippen molar-refractivity contribution in [3.05, 3.63) is 53.9 Å². The van der Waals surface area contributed by atoms with Gasteiger partial charge in [0.05, 0.1) is 20.8 Å². The Morgan fingerprint density at radius 3 is 2.71 bits per heavy atom. The predicted molar refractivity (Wildman–Crippen MR) is 76.1 cm³/mol. The molecular weight excluding hydrogens is 246 g/mol. The van der Waals surface area contributed by atoms with E-state index in [1.807, 2.05) is 11.3 Å². The summed E-state index contributed by atoms with van der Waals surface area (Å²) < 4.78 is 3.70. The first-order chi connectivity index (χ1) is 8.43. The van der Waals surface area contributed by atoms with Crippen molar-refractivity contribution in [2.75, 3.05) is 0 Å². The minimum absolute atomic E-state index is 1.30. The Morgan fingerprint density at radius 1 is 0.882 bits per heavy atom. The van der Waals surface area contributed by atoms with Crippen LogP contribution in [0.4, 0.5) is 0 Å². The number of hydrogen-bond acceptors (Lipinski definition) is 2. The quantitative estimate of drug-likeness (QED) is 0.456. The maximum atomic E-state index is 2.35. The van der Waals surface area contributed by atoms with E-state index in [-0.39, 0.29) is 0 Å². The molecular formula is C14H9NS2. The number of hydrogen-bond donors (Lipinski definition) is 0. The molecule has 0 aliphatic heterocycles. The topological polar surface area (TPSA) is 4.41 Å². The van der Waals surface area contributed by atoms with Crippen LogP contribution in [0.5, 0.6) is 0 Å². The molecule has 0 aliphatic rings. The molecule has 3 heterocycles. The Balaban J connectivity index is 2.17. The zero-order valence-corrected chi connectivity index (χ0v) is 10.6. The third-order valence-electron chi connectivity index (χ3n) is 2.94. The molecule has 3 aromatic heterocycles. The van der Waals surface area contributed by atoms with E-state index in [9.17, 15) is 0 Å². The number of thiophene rings is 1. The summed E-state index contributed by atoms with van der Waals surface area (Å²) in [6.45, 7) is 0. The lowest BCUT2D eigenvalue weighted by molar-refractivity contribution is 1.32. The van der Waals surface area contributed by atoms with Gasteiger partial charge in [-0.05, 0) is 35.7 Å². The van der Waals surface area contributed by atoms with E-state index < -0.39 is 0 Å². The molecule has 1 nitrogen and oxygen atoms in total. The van der Waals surface area contributed by atoms with Gasteiger partial charge in [0.1, 0.15) is 4.83 Å². The number of thiazole rings is 1. The summed E-state index contributed by atoms with van der Waals surface area (Å²) in [5.41, 5.74) is 2.60. The molecule has 0 aliphatic carbocycles. The molecule has 0 saturated heterocycles. The molecule has 3 heteroatoms. The van der Waals surface area contributed by atoms with Gasteiger partial charge in [0.2, 0.25) is 0 Å². The fourth-order valence-electron chi connectivity index (χ4n) is 2.20. The molecule has 0 spiro atoms. The van der Waals surface area contributed by atoms with Crippen molar-refractivity contribution in [1.29, 1.82) is 0 Å². The van der Waals surface area contributed by atoms with E-state index in [1.165, 1.54) is 25.6 Å². The lowest BCUT2D eigenvalue weighted by atomic mass is 10.3. The molecule has 4 aromatic rings. The molecule has 0 amide bonds. The summed E-state index contributed by atoms with van der Waals surface area (Å²) in [6, 6.07) is 17.3. The molecule has 0 saturated carbocycles. The summed E-state index contributed by atoms with van der Waals surface area (Å²) in [5, 5.41) is 2.13. The molecule has 0 fully saturated rings. The van der Waals surface area contributed by atoms with Gasteiger partial charge in [-0.3, -0.25) is 4.40 Å². The van der Waals surface area contributed by atoms with Gasteiger partial charge in [-0.15, -0.1) is 22.7 Å². The number of para-hydroxylation sites is 1. The Labute approximate surface area is 107 Å². The highest BCUT2D eigenvalue weighted by Crippen LogP contribution is 2.34. The van der Waals surface area contributed by atoms with Crippen LogP contribution >= 0.6 is 22.7 Å². The molecule has 82 valence electrons. The zero-order valence-electron chi connectivity index (χ0n) is 8.96. The minimum Gasteiger partial charge on any atom is -0.299 e. The number of fused-ring (bicyclic) bond motifs is 3. The molecule has 0 unspecified atom stereocenters. The highest BCUT2D eigenvalue weighted by atomic mass is 32.1. The SMILES string of the molecule is c1csc(-c2ccc3sc4ccccc4n23)c1. The third kappa shape index (κ3) is 1.30. The molecule has 0 radical (unpaired) electrons. The van der Waals surface area contributed by atoms with Crippen molar-refractivity contribution in [2.24, 2.45) is 0 Å². The molecule has 17 heavy (non-hydrogen) atoms. The summed E-state index contributed by atoms with van der Waals surface area (Å²) in [4.78, 5) is 2.64. The first-order valence-electron chi connectivity index (χ1n) is 5.46. The van der Waals surface area contributed by atoms with E-state index in [2.05, 4.69) is 58.3 Å². The molecule has 0 bridgehead atoms. The third-order valence-corrected chi connectivity index (χ3v) is 4.92. The van der Waals surface area contributed by atoms with Crippen LogP contribution in [-0.4, -0.2) is 4.40 Å². The average Bonchev–Trinajstić information content (AvgIpc) is 3.04. The molecule has 0 atom stereocenters. The Morgan fingerprint density at radius 2 is 1.82 bits per heavy atom. The highest BCUT2D eigenvalue weighted by Gasteiger charge is 2.10. The lowest BCUT2D eigenvalue weighted by Crippen LogP contribution is -1.82. The van der Waals surface area contributed by atoms with Crippen molar-refractivity contribution in [3.8, 4) is 10.6 Å². The molecule has 1 aromatic carbocycles.